The molecule has 0 N–H and O–H groups in total. The Hall–Kier alpha value is -3.48. The van der Waals surface area contributed by atoms with Crippen LogP contribution in [0.15, 0.2) is 67.5 Å². The standard InChI is InChI=1S/C17H13N7/c1-2-4-13(5-3-1)10-24-17(15-7-9-19-12-21-15)22-16(23-24)14-6-8-18-11-20-14/h1-9,11-12H,10H2. The Morgan fingerprint density at radius 2 is 1.50 bits per heavy atom. The van der Waals surface area contributed by atoms with Crippen molar-refractivity contribution < 1.29 is 0 Å². The first kappa shape index (κ1) is 14.1. The van der Waals surface area contributed by atoms with Crippen LogP contribution in [0.1, 0.15) is 5.56 Å². The summed E-state index contributed by atoms with van der Waals surface area (Å²) >= 11 is 0. The van der Waals surface area contributed by atoms with E-state index in [-0.39, 0.29) is 0 Å². The highest BCUT2D eigenvalue weighted by Gasteiger charge is 2.15. The van der Waals surface area contributed by atoms with Crippen LogP contribution in [-0.2, 0) is 6.54 Å². The minimum atomic E-state index is 0.543. The fourth-order valence-electron chi connectivity index (χ4n) is 2.35. The van der Waals surface area contributed by atoms with Gasteiger partial charge in [0.05, 0.1) is 6.54 Å². The van der Waals surface area contributed by atoms with Crippen LogP contribution in [-0.4, -0.2) is 34.7 Å². The van der Waals surface area contributed by atoms with Gasteiger partial charge in [-0.15, -0.1) is 5.10 Å². The average Bonchev–Trinajstić information content (AvgIpc) is 3.08. The molecule has 0 atom stereocenters. The van der Waals surface area contributed by atoms with E-state index in [1.807, 2.05) is 28.9 Å². The molecule has 116 valence electrons. The first-order valence-corrected chi connectivity index (χ1v) is 7.42. The zero-order chi connectivity index (χ0) is 16.2. The topological polar surface area (TPSA) is 82.3 Å². The van der Waals surface area contributed by atoms with Crippen molar-refractivity contribution in [2.24, 2.45) is 0 Å². The van der Waals surface area contributed by atoms with Gasteiger partial charge in [0.15, 0.2) is 5.82 Å². The van der Waals surface area contributed by atoms with Crippen molar-refractivity contribution in [2.45, 2.75) is 6.54 Å². The summed E-state index contributed by atoms with van der Waals surface area (Å²) in [7, 11) is 0. The Bertz CT molecular complexity index is 921. The van der Waals surface area contributed by atoms with Gasteiger partial charge in [-0.1, -0.05) is 30.3 Å². The first-order chi connectivity index (χ1) is 11.9. The van der Waals surface area contributed by atoms with Gasteiger partial charge >= 0.3 is 0 Å². The molecule has 0 aliphatic carbocycles. The van der Waals surface area contributed by atoms with Crippen molar-refractivity contribution in [3.8, 4) is 23.0 Å². The molecule has 0 amide bonds. The molecule has 7 heteroatoms. The molecule has 0 aliphatic heterocycles. The third-order valence-corrected chi connectivity index (χ3v) is 3.47. The summed E-state index contributed by atoms with van der Waals surface area (Å²) in [6.45, 7) is 0.595. The molecule has 24 heavy (non-hydrogen) atoms. The quantitative estimate of drug-likeness (QED) is 0.574. The Morgan fingerprint density at radius 1 is 0.792 bits per heavy atom. The summed E-state index contributed by atoms with van der Waals surface area (Å²) in [5.41, 5.74) is 2.52. The van der Waals surface area contributed by atoms with E-state index < -0.39 is 0 Å². The third kappa shape index (κ3) is 2.87. The second-order valence-electron chi connectivity index (χ2n) is 5.09. The largest absolute Gasteiger partial charge is 0.245 e. The number of rotatable bonds is 4. The number of nitrogens with zero attached hydrogens (tertiary/aromatic N) is 7. The summed E-state index contributed by atoms with van der Waals surface area (Å²) in [5.74, 6) is 1.22. The fraction of sp³-hybridized carbons (Fsp3) is 0.0588. The summed E-state index contributed by atoms with van der Waals surface area (Å²) in [6.07, 6.45) is 6.34. The molecule has 0 spiro atoms. The van der Waals surface area contributed by atoms with Crippen LogP contribution in [0.2, 0.25) is 0 Å². The Labute approximate surface area is 138 Å². The van der Waals surface area contributed by atoms with Crippen molar-refractivity contribution in [1.82, 2.24) is 34.7 Å². The molecule has 4 aromatic rings. The molecular formula is C17H13N7. The van der Waals surface area contributed by atoms with Gasteiger partial charge in [-0.05, 0) is 17.7 Å². The fourth-order valence-corrected chi connectivity index (χ4v) is 2.35. The highest BCUT2D eigenvalue weighted by atomic mass is 15.4. The van der Waals surface area contributed by atoms with Gasteiger partial charge in [-0.3, -0.25) is 0 Å². The van der Waals surface area contributed by atoms with E-state index in [0.717, 1.165) is 5.56 Å². The summed E-state index contributed by atoms with van der Waals surface area (Å²) in [4.78, 5) is 21.0. The van der Waals surface area contributed by atoms with Gasteiger partial charge < -0.3 is 0 Å². The van der Waals surface area contributed by atoms with Crippen LogP contribution in [0.5, 0.6) is 0 Å². The Balaban J connectivity index is 1.80. The number of aromatic nitrogens is 7. The normalized spacial score (nSPS) is 10.7. The van der Waals surface area contributed by atoms with Crippen LogP contribution in [0, 0.1) is 0 Å². The molecule has 7 nitrogen and oxygen atoms in total. The third-order valence-electron chi connectivity index (χ3n) is 3.47. The van der Waals surface area contributed by atoms with E-state index in [2.05, 4.69) is 42.2 Å². The Morgan fingerprint density at radius 3 is 2.17 bits per heavy atom. The second-order valence-corrected chi connectivity index (χ2v) is 5.09. The predicted molar refractivity (Wildman–Crippen MR) is 87.6 cm³/mol. The molecule has 0 saturated carbocycles. The van der Waals surface area contributed by atoms with Crippen molar-refractivity contribution in [2.75, 3.05) is 0 Å². The summed E-state index contributed by atoms with van der Waals surface area (Å²) < 4.78 is 1.83. The van der Waals surface area contributed by atoms with Gasteiger partial charge in [0, 0.05) is 12.4 Å². The maximum atomic E-state index is 4.62. The minimum Gasteiger partial charge on any atom is -0.245 e. The molecular weight excluding hydrogens is 302 g/mol. The lowest BCUT2D eigenvalue weighted by molar-refractivity contribution is 0.692. The number of benzene rings is 1. The van der Waals surface area contributed by atoms with E-state index in [1.165, 1.54) is 12.7 Å². The van der Waals surface area contributed by atoms with E-state index >= 15 is 0 Å². The molecule has 0 aliphatic rings. The van der Waals surface area contributed by atoms with E-state index in [1.54, 1.807) is 18.5 Å². The number of hydrogen-bond donors (Lipinski definition) is 0. The molecule has 3 heterocycles. The molecule has 0 unspecified atom stereocenters. The maximum absolute atomic E-state index is 4.62. The number of hydrogen-bond acceptors (Lipinski definition) is 6. The van der Waals surface area contributed by atoms with Crippen LogP contribution < -0.4 is 0 Å². The SMILES string of the molecule is c1ccc(Cn2nc(-c3ccncn3)nc2-c2ccncn2)cc1. The lowest BCUT2D eigenvalue weighted by Crippen LogP contribution is -2.05. The van der Waals surface area contributed by atoms with Crippen molar-refractivity contribution in [1.29, 1.82) is 0 Å². The predicted octanol–water partition coefficient (Wildman–Crippen LogP) is 2.24. The average molecular weight is 315 g/mol. The first-order valence-electron chi connectivity index (χ1n) is 7.42. The van der Waals surface area contributed by atoms with Crippen molar-refractivity contribution in [3.63, 3.8) is 0 Å². The molecule has 3 aromatic heterocycles. The lowest BCUT2D eigenvalue weighted by atomic mass is 10.2. The zero-order valence-corrected chi connectivity index (χ0v) is 12.7. The molecule has 1 aromatic carbocycles. The van der Waals surface area contributed by atoms with Crippen LogP contribution in [0.25, 0.3) is 23.0 Å². The van der Waals surface area contributed by atoms with Gasteiger partial charge in [0.1, 0.15) is 24.0 Å². The van der Waals surface area contributed by atoms with Crippen LogP contribution in [0.3, 0.4) is 0 Å². The monoisotopic (exact) mass is 315 g/mol. The van der Waals surface area contributed by atoms with Gasteiger partial charge in [0.2, 0.25) is 5.82 Å². The maximum Gasteiger partial charge on any atom is 0.200 e. The Kier molecular flexibility index (Phi) is 3.73. The molecule has 0 bridgehead atoms. The van der Waals surface area contributed by atoms with Gasteiger partial charge in [0.25, 0.3) is 0 Å². The van der Waals surface area contributed by atoms with Crippen LogP contribution >= 0.6 is 0 Å². The molecule has 0 fully saturated rings. The zero-order valence-electron chi connectivity index (χ0n) is 12.7. The van der Waals surface area contributed by atoms with E-state index in [4.69, 9.17) is 0 Å². The van der Waals surface area contributed by atoms with Crippen molar-refractivity contribution in [3.05, 3.63) is 73.1 Å². The van der Waals surface area contributed by atoms with E-state index in [0.29, 0.717) is 29.6 Å². The summed E-state index contributed by atoms with van der Waals surface area (Å²) in [5, 5.41) is 4.61. The molecule has 4 rings (SSSR count). The minimum absolute atomic E-state index is 0.543. The highest BCUT2D eigenvalue weighted by molar-refractivity contribution is 5.55. The van der Waals surface area contributed by atoms with E-state index in [9.17, 15) is 0 Å². The smallest absolute Gasteiger partial charge is 0.200 e. The highest BCUT2D eigenvalue weighted by Crippen LogP contribution is 2.20. The molecule has 0 saturated heterocycles. The second kappa shape index (κ2) is 6.33. The van der Waals surface area contributed by atoms with Crippen LogP contribution in [0.4, 0.5) is 0 Å². The van der Waals surface area contributed by atoms with Gasteiger partial charge in [-0.2, -0.15) is 0 Å². The van der Waals surface area contributed by atoms with Gasteiger partial charge in [-0.25, -0.2) is 29.6 Å². The molecule has 0 radical (unpaired) electrons. The van der Waals surface area contributed by atoms with Crippen molar-refractivity contribution >= 4 is 0 Å². The summed E-state index contributed by atoms with van der Waals surface area (Å²) in [6, 6.07) is 13.7. The lowest BCUT2D eigenvalue weighted by Gasteiger charge is -2.05.